The number of nitrogens with zero attached hydrogens (tertiary/aromatic N) is 4. The molecule has 4 heterocycles. The molecule has 28 heavy (non-hydrogen) atoms. The molecule has 0 N–H and O–H groups in total. The van der Waals surface area contributed by atoms with Gasteiger partial charge in [0.05, 0.1) is 5.71 Å². The van der Waals surface area contributed by atoms with Crippen LogP contribution in [0.25, 0.3) is 0 Å². The Labute approximate surface area is 165 Å². The van der Waals surface area contributed by atoms with Gasteiger partial charge in [-0.2, -0.15) is 0 Å². The van der Waals surface area contributed by atoms with E-state index in [4.69, 9.17) is 4.84 Å². The van der Waals surface area contributed by atoms with Gasteiger partial charge in [0, 0.05) is 51.4 Å². The summed E-state index contributed by atoms with van der Waals surface area (Å²) in [5, 5.41) is 3.90. The third-order valence-corrected chi connectivity index (χ3v) is 6.40. The maximum atomic E-state index is 12.7. The third-order valence-electron chi connectivity index (χ3n) is 6.40. The van der Waals surface area contributed by atoms with Crippen molar-refractivity contribution < 1.29 is 14.4 Å². The summed E-state index contributed by atoms with van der Waals surface area (Å²) in [6.45, 7) is 4.92. The Balaban J connectivity index is 1.31. The van der Waals surface area contributed by atoms with Gasteiger partial charge in [-0.25, -0.2) is 0 Å². The van der Waals surface area contributed by atoms with Gasteiger partial charge in [0.2, 0.25) is 12.0 Å². The van der Waals surface area contributed by atoms with Gasteiger partial charge in [0.25, 0.3) is 5.91 Å². The van der Waals surface area contributed by atoms with Crippen LogP contribution in [0.4, 0.5) is 0 Å². The molecule has 1 aromatic rings. The van der Waals surface area contributed by atoms with Crippen LogP contribution in [0.15, 0.2) is 29.7 Å². The van der Waals surface area contributed by atoms with E-state index in [1.807, 2.05) is 28.9 Å². The normalized spacial score (nSPS) is 24.2. The molecule has 0 bridgehead atoms. The number of amides is 2. The molecule has 0 radical (unpaired) electrons. The number of hydrogen-bond acceptors (Lipinski definition) is 5. The molecule has 3 aliphatic heterocycles. The van der Waals surface area contributed by atoms with Crippen LogP contribution >= 0.6 is 0 Å². The quantitative estimate of drug-likeness (QED) is 0.796. The van der Waals surface area contributed by atoms with Crippen LogP contribution in [0.2, 0.25) is 0 Å². The van der Waals surface area contributed by atoms with E-state index in [1.54, 1.807) is 12.4 Å². The van der Waals surface area contributed by atoms with Crippen LogP contribution in [0.3, 0.4) is 0 Å². The van der Waals surface area contributed by atoms with Crippen molar-refractivity contribution in [1.29, 1.82) is 0 Å². The van der Waals surface area contributed by atoms with Gasteiger partial charge in [0.15, 0.2) is 0 Å². The first-order chi connectivity index (χ1) is 13.5. The number of piperidine rings is 2. The van der Waals surface area contributed by atoms with Crippen LogP contribution in [-0.4, -0.2) is 64.6 Å². The Morgan fingerprint density at radius 3 is 2.68 bits per heavy atom. The number of likely N-dealkylation sites (tertiary alicyclic amines) is 2. The summed E-state index contributed by atoms with van der Waals surface area (Å²) in [5.41, 5.74) is 2.23. The van der Waals surface area contributed by atoms with E-state index in [9.17, 15) is 9.59 Å². The monoisotopic (exact) mass is 384 g/mol. The largest absolute Gasteiger partial charge is 0.382 e. The number of carbonyl (C=O) groups is 2. The molecule has 4 rings (SSSR count). The fourth-order valence-electron chi connectivity index (χ4n) is 4.56. The highest BCUT2D eigenvalue weighted by Gasteiger charge is 2.42. The Kier molecular flexibility index (Phi) is 5.33. The summed E-state index contributed by atoms with van der Waals surface area (Å²) in [6, 6.07) is 4.01. The lowest BCUT2D eigenvalue weighted by atomic mass is 9.72. The maximum absolute atomic E-state index is 12.7. The van der Waals surface area contributed by atoms with E-state index in [2.05, 4.69) is 10.1 Å². The van der Waals surface area contributed by atoms with E-state index in [1.165, 1.54) is 5.56 Å². The lowest BCUT2D eigenvalue weighted by Crippen LogP contribution is -2.53. The molecule has 3 aliphatic rings. The summed E-state index contributed by atoms with van der Waals surface area (Å²) in [4.78, 5) is 38.3. The fourth-order valence-corrected chi connectivity index (χ4v) is 4.56. The number of rotatable bonds is 4. The van der Waals surface area contributed by atoms with Crippen LogP contribution in [0, 0.1) is 5.41 Å². The summed E-state index contributed by atoms with van der Waals surface area (Å²) in [5.74, 6) is 0.307. The Morgan fingerprint density at radius 1 is 1.25 bits per heavy atom. The molecule has 150 valence electrons. The minimum atomic E-state index is -0.446. The Bertz CT molecular complexity index is 756. The van der Waals surface area contributed by atoms with Gasteiger partial charge < -0.3 is 14.6 Å². The molecule has 1 unspecified atom stereocenters. The molecule has 0 aromatic carbocycles. The van der Waals surface area contributed by atoms with Crippen LogP contribution in [0.5, 0.6) is 0 Å². The third kappa shape index (κ3) is 4.03. The molecule has 1 atom stereocenters. The minimum absolute atomic E-state index is 0.0527. The number of pyridine rings is 1. The van der Waals surface area contributed by atoms with Crippen molar-refractivity contribution in [3.63, 3.8) is 0 Å². The van der Waals surface area contributed by atoms with Gasteiger partial charge in [-0.3, -0.25) is 14.6 Å². The maximum Gasteiger partial charge on any atom is 0.266 e. The van der Waals surface area contributed by atoms with Crippen molar-refractivity contribution in [2.75, 3.05) is 26.2 Å². The van der Waals surface area contributed by atoms with Crippen molar-refractivity contribution in [1.82, 2.24) is 14.8 Å². The van der Waals surface area contributed by atoms with Gasteiger partial charge >= 0.3 is 0 Å². The summed E-state index contributed by atoms with van der Waals surface area (Å²) in [7, 11) is 0. The molecule has 7 nitrogen and oxygen atoms in total. The number of hydrogen-bond donors (Lipinski definition) is 0. The molecule has 2 amide bonds. The molecule has 0 aliphatic carbocycles. The average Bonchev–Trinajstić information content (AvgIpc) is 3.16. The second-order valence-corrected chi connectivity index (χ2v) is 8.37. The van der Waals surface area contributed by atoms with Gasteiger partial charge in [-0.1, -0.05) is 5.16 Å². The van der Waals surface area contributed by atoms with Gasteiger partial charge in [-0.05, 0) is 55.7 Å². The van der Waals surface area contributed by atoms with E-state index >= 15 is 0 Å². The van der Waals surface area contributed by atoms with Crippen molar-refractivity contribution in [3.8, 4) is 0 Å². The first kappa shape index (κ1) is 18.9. The Hall–Kier alpha value is -2.44. The van der Waals surface area contributed by atoms with E-state index < -0.39 is 6.10 Å². The lowest BCUT2D eigenvalue weighted by Gasteiger charge is -2.47. The summed E-state index contributed by atoms with van der Waals surface area (Å²) < 4.78 is 0. The Morgan fingerprint density at radius 2 is 2.00 bits per heavy atom. The van der Waals surface area contributed by atoms with Crippen molar-refractivity contribution in [2.24, 2.45) is 10.6 Å². The summed E-state index contributed by atoms with van der Waals surface area (Å²) >= 11 is 0. The van der Waals surface area contributed by atoms with E-state index in [-0.39, 0.29) is 17.2 Å². The van der Waals surface area contributed by atoms with Crippen molar-refractivity contribution in [3.05, 3.63) is 30.1 Å². The first-order valence-electron chi connectivity index (χ1n) is 10.2. The minimum Gasteiger partial charge on any atom is -0.382 e. The highest BCUT2D eigenvalue weighted by Crippen LogP contribution is 2.40. The van der Waals surface area contributed by atoms with Crippen LogP contribution in [-0.2, 0) is 20.8 Å². The first-order valence-corrected chi connectivity index (χ1v) is 10.2. The topological polar surface area (TPSA) is 75.1 Å². The predicted octanol–water partition coefficient (Wildman–Crippen LogP) is 2.02. The molecule has 1 spiro atoms. The summed E-state index contributed by atoms with van der Waals surface area (Å²) in [6.07, 6.45) is 8.04. The SMILES string of the molecule is CC1=NOC(C(=O)N2CCC3(CCC(=O)N(CCc4ccncc4)C3)CC2)C1. The molecular formula is C21H28N4O3. The zero-order valence-electron chi connectivity index (χ0n) is 16.5. The highest BCUT2D eigenvalue weighted by molar-refractivity contribution is 5.91. The lowest BCUT2D eigenvalue weighted by molar-refractivity contribution is -0.148. The molecule has 1 aromatic heterocycles. The molecule has 0 saturated carbocycles. The van der Waals surface area contributed by atoms with Gasteiger partial charge in [-0.15, -0.1) is 0 Å². The van der Waals surface area contributed by atoms with Crippen LogP contribution in [0.1, 0.15) is 44.6 Å². The van der Waals surface area contributed by atoms with Gasteiger partial charge in [0.1, 0.15) is 0 Å². The molecule has 2 fully saturated rings. The fraction of sp³-hybridized carbons (Fsp3) is 0.619. The van der Waals surface area contributed by atoms with E-state index in [0.717, 1.165) is 57.6 Å². The number of oxime groups is 1. The highest BCUT2D eigenvalue weighted by atomic mass is 16.6. The van der Waals surface area contributed by atoms with Crippen LogP contribution < -0.4 is 0 Å². The molecule has 7 heteroatoms. The molecule has 2 saturated heterocycles. The van der Waals surface area contributed by atoms with Crippen molar-refractivity contribution in [2.45, 2.75) is 51.6 Å². The van der Waals surface area contributed by atoms with E-state index in [0.29, 0.717) is 12.8 Å². The second-order valence-electron chi connectivity index (χ2n) is 8.37. The van der Waals surface area contributed by atoms with Crippen molar-refractivity contribution >= 4 is 17.5 Å². The standard InChI is InChI=1S/C21H28N4O3/c1-16-14-18(28-23-16)20(27)24-12-7-21(8-13-24)6-2-19(26)25(15-21)11-5-17-3-9-22-10-4-17/h3-4,9-10,18H,2,5-8,11-15H2,1H3. The predicted molar refractivity (Wildman–Crippen MR) is 105 cm³/mol. The molecular weight excluding hydrogens is 356 g/mol. The zero-order chi connectivity index (χ0) is 19.6. The number of aromatic nitrogens is 1. The number of carbonyl (C=O) groups excluding carboxylic acids is 2. The zero-order valence-corrected chi connectivity index (χ0v) is 16.5. The average molecular weight is 384 g/mol. The smallest absolute Gasteiger partial charge is 0.266 e. The second kappa shape index (κ2) is 7.89.